The molecule has 0 aliphatic heterocycles. The number of sulfonamides is 1. The van der Waals surface area contributed by atoms with Crippen LogP contribution in [0.4, 0.5) is 8.78 Å². The van der Waals surface area contributed by atoms with Gasteiger partial charge in [-0.3, -0.25) is 0 Å². The Morgan fingerprint density at radius 3 is 2.50 bits per heavy atom. The zero-order valence-electron chi connectivity index (χ0n) is 10.6. The van der Waals surface area contributed by atoms with Crippen LogP contribution in [0, 0.1) is 0 Å². The van der Waals surface area contributed by atoms with Gasteiger partial charge in [0.15, 0.2) is 0 Å². The number of hydrogen-bond donors (Lipinski definition) is 2. The Bertz CT molecular complexity index is 568. The van der Waals surface area contributed by atoms with Crippen LogP contribution in [0.15, 0.2) is 17.0 Å². The molecule has 4 nitrogen and oxygen atoms in total. The maximum Gasteiger partial charge on any atom is 0.251 e. The van der Waals surface area contributed by atoms with Crippen molar-refractivity contribution in [1.82, 2.24) is 10.0 Å². The molecule has 0 bridgehead atoms. The summed E-state index contributed by atoms with van der Waals surface area (Å²) in [6.07, 6.45) is -2.79. The summed E-state index contributed by atoms with van der Waals surface area (Å²) >= 11 is 11.9. The molecule has 20 heavy (non-hydrogen) atoms. The lowest BCUT2D eigenvalue weighted by Gasteiger charge is -2.12. The van der Waals surface area contributed by atoms with E-state index < -0.39 is 23.0 Å². The molecule has 0 fully saturated rings. The third-order valence-corrected chi connectivity index (χ3v) is 4.59. The molecule has 0 aliphatic carbocycles. The molecule has 0 saturated heterocycles. The summed E-state index contributed by atoms with van der Waals surface area (Å²) in [6, 6.07) is 2.66. The Kier molecular flexibility index (Phi) is 6.60. The van der Waals surface area contributed by atoms with Crippen LogP contribution >= 0.6 is 23.2 Å². The van der Waals surface area contributed by atoms with E-state index in [0.717, 1.165) is 6.07 Å². The molecule has 0 heterocycles. The monoisotopic (exact) mass is 346 g/mol. The summed E-state index contributed by atoms with van der Waals surface area (Å²) in [6.45, 7) is 1.88. The van der Waals surface area contributed by atoms with Crippen LogP contribution < -0.4 is 10.0 Å². The fourth-order valence-electron chi connectivity index (χ4n) is 1.45. The average molecular weight is 347 g/mol. The van der Waals surface area contributed by atoms with Crippen LogP contribution in [0.1, 0.15) is 12.5 Å². The molecule has 0 amide bonds. The highest BCUT2D eigenvalue weighted by atomic mass is 35.5. The van der Waals surface area contributed by atoms with Crippen molar-refractivity contribution in [3.8, 4) is 0 Å². The normalized spacial score (nSPS) is 12.1. The summed E-state index contributed by atoms with van der Waals surface area (Å²) in [4.78, 5) is -0.305. The van der Waals surface area contributed by atoms with Crippen molar-refractivity contribution < 1.29 is 17.2 Å². The average Bonchev–Trinajstić information content (AvgIpc) is 2.37. The molecule has 114 valence electrons. The molecular formula is C11H14Cl2F2N2O2S. The van der Waals surface area contributed by atoms with Gasteiger partial charge in [-0.15, -0.1) is 0 Å². The minimum Gasteiger partial charge on any atom is -0.313 e. The minimum atomic E-state index is -4.13. The molecule has 0 radical (unpaired) electrons. The molecule has 0 atom stereocenters. The summed E-state index contributed by atoms with van der Waals surface area (Å²) in [5, 5.41) is 3.12. The SMILES string of the molecule is CCNCc1cc(Cl)cc(S(=O)(=O)NCC(F)F)c1Cl. The second-order valence-corrected chi connectivity index (χ2v) is 6.45. The zero-order valence-corrected chi connectivity index (χ0v) is 12.9. The largest absolute Gasteiger partial charge is 0.313 e. The second kappa shape index (κ2) is 7.51. The maximum atomic E-state index is 12.1. The van der Waals surface area contributed by atoms with Crippen molar-refractivity contribution in [2.75, 3.05) is 13.1 Å². The van der Waals surface area contributed by atoms with Crippen LogP contribution in [-0.2, 0) is 16.6 Å². The Hall–Kier alpha value is -0.470. The standard InChI is InChI=1S/C11H14Cl2F2N2O2S/c1-2-16-5-7-3-8(12)4-9(11(7)13)20(18,19)17-6-10(14)15/h3-4,10,16-17H,2,5-6H2,1H3. The molecule has 1 aromatic carbocycles. The quantitative estimate of drug-likeness (QED) is 0.797. The van der Waals surface area contributed by atoms with Gasteiger partial charge in [0.2, 0.25) is 10.0 Å². The van der Waals surface area contributed by atoms with Gasteiger partial charge in [0.1, 0.15) is 4.90 Å². The number of halogens is 4. The fraction of sp³-hybridized carbons (Fsp3) is 0.455. The smallest absolute Gasteiger partial charge is 0.251 e. The van der Waals surface area contributed by atoms with Crippen LogP contribution in [0.25, 0.3) is 0 Å². The van der Waals surface area contributed by atoms with E-state index >= 15 is 0 Å². The van der Waals surface area contributed by atoms with Crippen molar-refractivity contribution in [3.63, 3.8) is 0 Å². The lowest BCUT2D eigenvalue weighted by atomic mass is 10.2. The molecule has 1 aromatic rings. The predicted octanol–water partition coefficient (Wildman–Crippen LogP) is 2.65. The number of alkyl halides is 2. The number of nitrogens with one attached hydrogen (secondary N) is 2. The van der Waals surface area contributed by atoms with E-state index in [1.807, 2.05) is 6.92 Å². The van der Waals surface area contributed by atoms with Gasteiger partial charge in [-0.05, 0) is 24.2 Å². The highest BCUT2D eigenvalue weighted by Crippen LogP contribution is 2.29. The Morgan fingerprint density at radius 1 is 1.30 bits per heavy atom. The molecule has 0 aromatic heterocycles. The van der Waals surface area contributed by atoms with Gasteiger partial charge in [0.05, 0.1) is 11.6 Å². The lowest BCUT2D eigenvalue weighted by molar-refractivity contribution is 0.153. The Labute approximate surface area is 126 Å². The maximum absolute atomic E-state index is 12.1. The van der Waals surface area contributed by atoms with Gasteiger partial charge < -0.3 is 5.32 Å². The van der Waals surface area contributed by atoms with Crippen LogP contribution in [0.3, 0.4) is 0 Å². The van der Waals surface area contributed by atoms with Gasteiger partial charge in [-0.25, -0.2) is 21.9 Å². The number of benzene rings is 1. The summed E-state index contributed by atoms with van der Waals surface area (Å²) in [7, 11) is -4.13. The summed E-state index contributed by atoms with van der Waals surface area (Å²) in [5.41, 5.74) is 0.485. The van der Waals surface area contributed by atoms with Gasteiger partial charge in [-0.2, -0.15) is 0 Å². The van der Waals surface area contributed by atoms with E-state index in [0.29, 0.717) is 18.7 Å². The van der Waals surface area contributed by atoms with Crippen LogP contribution in [-0.4, -0.2) is 27.9 Å². The summed E-state index contributed by atoms with van der Waals surface area (Å²) < 4.78 is 49.9. The molecule has 0 unspecified atom stereocenters. The molecule has 0 saturated carbocycles. The van der Waals surface area contributed by atoms with Gasteiger partial charge >= 0.3 is 0 Å². The van der Waals surface area contributed by atoms with Crippen LogP contribution in [0.2, 0.25) is 10.0 Å². The molecule has 9 heteroatoms. The third-order valence-electron chi connectivity index (χ3n) is 2.36. The van der Waals surface area contributed by atoms with E-state index in [2.05, 4.69) is 5.32 Å². The van der Waals surface area contributed by atoms with Crippen molar-refractivity contribution in [1.29, 1.82) is 0 Å². The van der Waals surface area contributed by atoms with Gasteiger partial charge in [-0.1, -0.05) is 30.1 Å². The molecule has 2 N–H and O–H groups in total. The molecule has 0 spiro atoms. The van der Waals surface area contributed by atoms with E-state index in [4.69, 9.17) is 23.2 Å². The van der Waals surface area contributed by atoms with E-state index in [-0.39, 0.29) is 14.9 Å². The molecular weight excluding hydrogens is 333 g/mol. The first-order valence-corrected chi connectivity index (χ1v) is 7.98. The van der Waals surface area contributed by atoms with E-state index in [9.17, 15) is 17.2 Å². The van der Waals surface area contributed by atoms with E-state index in [1.54, 1.807) is 4.72 Å². The molecule has 0 aliphatic rings. The van der Waals surface area contributed by atoms with Gasteiger partial charge in [0, 0.05) is 11.6 Å². The first kappa shape index (κ1) is 17.6. The molecule has 1 rings (SSSR count). The summed E-state index contributed by atoms with van der Waals surface area (Å²) in [5.74, 6) is 0. The van der Waals surface area contributed by atoms with Crippen molar-refractivity contribution in [3.05, 3.63) is 27.7 Å². The first-order valence-electron chi connectivity index (χ1n) is 5.74. The third kappa shape index (κ3) is 4.82. The lowest BCUT2D eigenvalue weighted by Crippen LogP contribution is -2.29. The zero-order chi connectivity index (χ0) is 15.3. The highest BCUT2D eigenvalue weighted by molar-refractivity contribution is 7.89. The topological polar surface area (TPSA) is 58.2 Å². The van der Waals surface area contributed by atoms with Crippen LogP contribution in [0.5, 0.6) is 0 Å². The number of hydrogen-bond acceptors (Lipinski definition) is 3. The van der Waals surface area contributed by atoms with Crippen molar-refractivity contribution >= 4 is 33.2 Å². The highest BCUT2D eigenvalue weighted by Gasteiger charge is 2.22. The van der Waals surface area contributed by atoms with Crippen molar-refractivity contribution in [2.45, 2.75) is 24.8 Å². The fourth-order valence-corrected chi connectivity index (χ4v) is 3.39. The minimum absolute atomic E-state index is 0.0304. The van der Waals surface area contributed by atoms with Crippen molar-refractivity contribution in [2.24, 2.45) is 0 Å². The first-order chi connectivity index (χ1) is 9.27. The Morgan fingerprint density at radius 2 is 1.95 bits per heavy atom. The van der Waals surface area contributed by atoms with E-state index in [1.165, 1.54) is 6.07 Å². The second-order valence-electron chi connectivity index (χ2n) is 3.90. The Balaban J connectivity index is 3.13. The number of rotatable bonds is 7. The van der Waals surface area contributed by atoms with Gasteiger partial charge in [0.25, 0.3) is 6.43 Å². The predicted molar refractivity (Wildman–Crippen MR) is 75.0 cm³/mol.